The van der Waals surface area contributed by atoms with Crippen LogP contribution in [0.2, 0.25) is 0 Å². The number of fused-ring (bicyclic) bond motifs is 5. The second kappa shape index (κ2) is 5.19. The molecule has 0 spiro atoms. The third-order valence-electron chi connectivity index (χ3n) is 7.79. The van der Waals surface area contributed by atoms with Gasteiger partial charge in [0.15, 0.2) is 5.78 Å². The molecule has 4 aliphatic carbocycles. The molecule has 0 aliphatic heterocycles. The van der Waals surface area contributed by atoms with Gasteiger partial charge in [-0.3, -0.25) is 9.59 Å². The van der Waals surface area contributed by atoms with E-state index >= 15 is 0 Å². The molecule has 3 saturated carbocycles. The minimum atomic E-state index is -0.117. The number of terminal acetylenes is 1. The Hall–Kier alpha value is -1.62. The van der Waals surface area contributed by atoms with Crippen LogP contribution >= 0.6 is 0 Å². The first-order valence-corrected chi connectivity index (χ1v) is 9.32. The van der Waals surface area contributed by atoms with Crippen LogP contribution in [0.4, 0.5) is 0 Å². The molecule has 0 unspecified atom stereocenters. The molecule has 0 bridgehead atoms. The third-order valence-corrected chi connectivity index (χ3v) is 7.79. The highest BCUT2D eigenvalue weighted by Gasteiger charge is 2.59. The van der Waals surface area contributed by atoms with Gasteiger partial charge in [-0.25, -0.2) is 0 Å². The molecular weight excluding hydrogens is 296 g/mol. The minimum Gasteiger partial charge on any atom is -0.299 e. The number of allylic oxidation sites excluding steroid dienone is 4. The largest absolute Gasteiger partial charge is 0.299 e. The molecule has 4 rings (SSSR count). The summed E-state index contributed by atoms with van der Waals surface area (Å²) in [4.78, 5) is 24.5. The van der Waals surface area contributed by atoms with Gasteiger partial charge in [0.05, 0.1) is 0 Å². The van der Waals surface area contributed by atoms with Crippen molar-refractivity contribution in [1.82, 2.24) is 0 Å². The van der Waals surface area contributed by atoms with E-state index in [0.717, 1.165) is 32.1 Å². The van der Waals surface area contributed by atoms with Crippen molar-refractivity contribution >= 4 is 11.6 Å². The Bertz CT molecular complexity index is 706. The molecule has 2 heteroatoms. The van der Waals surface area contributed by atoms with Gasteiger partial charge in [-0.1, -0.05) is 25.5 Å². The van der Waals surface area contributed by atoms with Crippen molar-refractivity contribution in [1.29, 1.82) is 0 Å². The molecule has 0 amide bonds. The lowest BCUT2D eigenvalue weighted by molar-refractivity contribution is -0.132. The van der Waals surface area contributed by atoms with E-state index in [4.69, 9.17) is 6.42 Å². The van der Waals surface area contributed by atoms with Crippen molar-refractivity contribution in [2.45, 2.75) is 52.4 Å². The average molecular weight is 322 g/mol. The Morgan fingerprint density at radius 2 is 2.04 bits per heavy atom. The molecule has 24 heavy (non-hydrogen) atoms. The second-order valence-corrected chi connectivity index (χ2v) is 8.75. The van der Waals surface area contributed by atoms with E-state index in [1.165, 1.54) is 5.57 Å². The van der Waals surface area contributed by atoms with E-state index in [1.807, 2.05) is 6.08 Å². The summed E-state index contributed by atoms with van der Waals surface area (Å²) in [6.07, 6.45) is 17.0. The SMILES string of the molecule is C#CC[C@@H]1C[C@@H]2[C@H](CC[C@]3(C)C(=O)CC[C@@H]23)[C@@]2(C)C=CC(=O)C=C12. The van der Waals surface area contributed by atoms with E-state index in [1.54, 1.807) is 6.08 Å². The minimum absolute atomic E-state index is 0.0642. The molecule has 0 radical (unpaired) electrons. The van der Waals surface area contributed by atoms with Crippen LogP contribution in [0.25, 0.3) is 0 Å². The van der Waals surface area contributed by atoms with Crippen LogP contribution in [0.1, 0.15) is 52.4 Å². The summed E-state index contributed by atoms with van der Waals surface area (Å²) in [5, 5.41) is 0. The van der Waals surface area contributed by atoms with Gasteiger partial charge in [0.25, 0.3) is 0 Å². The fourth-order valence-corrected chi connectivity index (χ4v) is 6.53. The van der Waals surface area contributed by atoms with E-state index in [0.29, 0.717) is 30.0 Å². The predicted octanol–water partition coefficient (Wildman–Crippen LogP) is 4.11. The fourth-order valence-electron chi connectivity index (χ4n) is 6.53. The number of rotatable bonds is 1. The number of hydrogen-bond donors (Lipinski definition) is 0. The van der Waals surface area contributed by atoms with E-state index in [2.05, 4.69) is 25.8 Å². The smallest absolute Gasteiger partial charge is 0.178 e. The molecule has 0 aromatic carbocycles. The van der Waals surface area contributed by atoms with Crippen LogP contribution < -0.4 is 0 Å². The summed E-state index contributed by atoms with van der Waals surface area (Å²) in [5.74, 6) is 5.26. The first kappa shape index (κ1) is 15.9. The molecular formula is C22H26O2. The molecule has 0 N–H and O–H groups in total. The van der Waals surface area contributed by atoms with E-state index in [-0.39, 0.29) is 22.5 Å². The number of hydrogen-bond acceptors (Lipinski definition) is 2. The average Bonchev–Trinajstić information content (AvgIpc) is 2.85. The Kier molecular flexibility index (Phi) is 3.43. The molecule has 126 valence electrons. The van der Waals surface area contributed by atoms with Crippen LogP contribution in [-0.4, -0.2) is 11.6 Å². The maximum atomic E-state index is 12.5. The number of carbonyl (C=O) groups is 2. The zero-order chi connectivity index (χ0) is 17.1. The summed E-state index contributed by atoms with van der Waals surface area (Å²) < 4.78 is 0. The van der Waals surface area contributed by atoms with Gasteiger partial charge in [0, 0.05) is 23.7 Å². The molecule has 4 aliphatic rings. The molecule has 0 saturated heterocycles. The standard InChI is InChI=1S/C22H26O2/c1-4-5-14-12-16-17-6-7-20(24)22(17,3)11-9-18(16)21(2)10-8-15(23)13-19(14)21/h1,8,10,13-14,16-18H,5-7,9,11-12H2,2-3H3/t14-,16+,17+,18+,21-,22+/m1/s1. The van der Waals surface area contributed by atoms with E-state index < -0.39 is 0 Å². The van der Waals surface area contributed by atoms with Crippen molar-refractivity contribution in [3.63, 3.8) is 0 Å². The highest BCUT2D eigenvalue weighted by Crippen LogP contribution is 2.64. The van der Waals surface area contributed by atoms with E-state index in [9.17, 15) is 9.59 Å². The predicted molar refractivity (Wildman–Crippen MR) is 93.9 cm³/mol. The number of carbonyl (C=O) groups excluding carboxylic acids is 2. The Morgan fingerprint density at radius 1 is 1.25 bits per heavy atom. The summed E-state index contributed by atoms with van der Waals surface area (Å²) in [6, 6.07) is 0. The Balaban J connectivity index is 1.77. The quantitative estimate of drug-likeness (QED) is 0.681. The van der Waals surface area contributed by atoms with Gasteiger partial charge in [-0.2, -0.15) is 0 Å². The van der Waals surface area contributed by atoms with Gasteiger partial charge >= 0.3 is 0 Å². The summed E-state index contributed by atoms with van der Waals surface area (Å²) in [6.45, 7) is 4.49. The van der Waals surface area contributed by atoms with Crippen LogP contribution in [0.3, 0.4) is 0 Å². The fraction of sp³-hybridized carbons (Fsp3) is 0.636. The van der Waals surface area contributed by atoms with Crippen LogP contribution in [0.15, 0.2) is 23.8 Å². The van der Waals surface area contributed by atoms with Crippen molar-refractivity contribution in [2.24, 2.45) is 34.5 Å². The Labute approximate surface area is 144 Å². The molecule has 0 aromatic heterocycles. The molecule has 6 atom stereocenters. The van der Waals surface area contributed by atoms with Gasteiger partial charge in [0.2, 0.25) is 0 Å². The summed E-state index contributed by atoms with van der Waals surface area (Å²) in [5.41, 5.74) is 1.07. The van der Waals surface area contributed by atoms with Gasteiger partial charge < -0.3 is 0 Å². The first-order chi connectivity index (χ1) is 11.4. The number of Topliss-reactive ketones (excluding diaryl/α,β-unsaturated/α-hetero) is 1. The van der Waals surface area contributed by atoms with Crippen LogP contribution in [-0.2, 0) is 9.59 Å². The van der Waals surface area contributed by atoms with Crippen molar-refractivity contribution in [3.05, 3.63) is 23.8 Å². The highest BCUT2D eigenvalue weighted by molar-refractivity contribution is 6.01. The van der Waals surface area contributed by atoms with Gasteiger partial charge in [0.1, 0.15) is 5.78 Å². The zero-order valence-corrected chi connectivity index (χ0v) is 14.7. The highest BCUT2D eigenvalue weighted by atomic mass is 16.1. The Morgan fingerprint density at radius 3 is 2.79 bits per heavy atom. The molecule has 2 nitrogen and oxygen atoms in total. The normalized spacial score (nSPS) is 46.6. The van der Waals surface area contributed by atoms with Crippen molar-refractivity contribution < 1.29 is 9.59 Å². The first-order valence-electron chi connectivity index (χ1n) is 9.32. The topological polar surface area (TPSA) is 34.1 Å². The lowest BCUT2D eigenvalue weighted by Gasteiger charge is -2.57. The molecule has 0 aromatic rings. The number of ketones is 2. The van der Waals surface area contributed by atoms with Crippen molar-refractivity contribution in [2.75, 3.05) is 0 Å². The molecule has 3 fully saturated rings. The second-order valence-electron chi connectivity index (χ2n) is 8.75. The molecule has 0 heterocycles. The lowest BCUT2D eigenvalue weighted by atomic mass is 9.46. The maximum Gasteiger partial charge on any atom is 0.178 e. The summed E-state index contributed by atoms with van der Waals surface area (Å²) in [7, 11) is 0. The summed E-state index contributed by atoms with van der Waals surface area (Å²) >= 11 is 0. The van der Waals surface area contributed by atoms with Gasteiger partial charge in [-0.05, 0) is 61.5 Å². The van der Waals surface area contributed by atoms with Gasteiger partial charge in [-0.15, -0.1) is 12.3 Å². The van der Waals surface area contributed by atoms with Crippen LogP contribution in [0, 0.1) is 46.8 Å². The van der Waals surface area contributed by atoms with Crippen molar-refractivity contribution in [3.8, 4) is 12.3 Å². The monoisotopic (exact) mass is 322 g/mol. The maximum absolute atomic E-state index is 12.5. The third kappa shape index (κ3) is 1.97. The lowest BCUT2D eigenvalue weighted by Crippen LogP contribution is -2.51. The zero-order valence-electron chi connectivity index (χ0n) is 14.7. The van der Waals surface area contributed by atoms with Crippen LogP contribution in [0.5, 0.6) is 0 Å².